The van der Waals surface area contributed by atoms with E-state index in [0.29, 0.717) is 6.04 Å². The highest BCUT2D eigenvalue weighted by Gasteiger charge is 2.11. The molecule has 1 aromatic carbocycles. The molecule has 0 aliphatic carbocycles. The number of ether oxygens (including phenoxy) is 1. The lowest BCUT2D eigenvalue weighted by Gasteiger charge is -2.08. The molecule has 1 heterocycles. The molecule has 0 unspecified atom stereocenters. The van der Waals surface area contributed by atoms with Crippen LogP contribution < -0.4 is 10.1 Å². The van der Waals surface area contributed by atoms with Gasteiger partial charge in [0, 0.05) is 19.0 Å². The largest absolute Gasteiger partial charge is 0.493 e. The molecule has 14 heavy (non-hydrogen) atoms. The standard InChI is InChI=1S/C12H17NO/c1-9(2)13-8-10-3-4-11-5-6-14-12(11)7-10/h3-4,7,9,13H,5-6,8H2,1-2H3. The van der Waals surface area contributed by atoms with Crippen LogP contribution in [0.2, 0.25) is 0 Å². The van der Waals surface area contributed by atoms with Gasteiger partial charge in [-0.15, -0.1) is 0 Å². The monoisotopic (exact) mass is 191 g/mol. The quantitative estimate of drug-likeness (QED) is 0.790. The Labute approximate surface area is 85.3 Å². The van der Waals surface area contributed by atoms with Gasteiger partial charge in [-0.1, -0.05) is 26.0 Å². The van der Waals surface area contributed by atoms with Gasteiger partial charge in [0.1, 0.15) is 5.75 Å². The Kier molecular flexibility index (Phi) is 2.73. The second kappa shape index (κ2) is 4.01. The molecule has 2 nitrogen and oxygen atoms in total. The van der Waals surface area contributed by atoms with Gasteiger partial charge in [-0.25, -0.2) is 0 Å². The smallest absolute Gasteiger partial charge is 0.122 e. The number of nitrogens with one attached hydrogen (secondary N) is 1. The third kappa shape index (κ3) is 2.07. The fourth-order valence-corrected chi connectivity index (χ4v) is 1.64. The second-order valence-electron chi connectivity index (χ2n) is 4.08. The highest BCUT2D eigenvalue weighted by Crippen LogP contribution is 2.25. The zero-order valence-electron chi connectivity index (χ0n) is 8.84. The summed E-state index contributed by atoms with van der Waals surface area (Å²) in [4.78, 5) is 0. The molecule has 2 rings (SSSR count). The highest BCUT2D eigenvalue weighted by molar-refractivity contribution is 5.39. The Hall–Kier alpha value is -1.02. The van der Waals surface area contributed by atoms with Crippen molar-refractivity contribution in [1.29, 1.82) is 0 Å². The van der Waals surface area contributed by atoms with Gasteiger partial charge in [0.2, 0.25) is 0 Å². The summed E-state index contributed by atoms with van der Waals surface area (Å²) >= 11 is 0. The van der Waals surface area contributed by atoms with E-state index in [1.807, 2.05) is 0 Å². The van der Waals surface area contributed by atoms with Crippen molar-refractivity contribution >= 4 is 0 Å². The average Bonchev–Trinajstić information content (AvgIpc) is 2.61. The Balaban J connectivity index is 2.05. The van der Waals surface area contributed by atoms with E-state index in [2.05, 4.69) is 37.4 Å². The van der Waals surface area contributed by atoms with Gasteiger partial charge in [0.05, 0.1) is 6.61 Å². The maximum Gasteiger partial charge on any atom is 0.122 e. The number of fused-ring (bicyclic) bond motifs is 1. The summed E-state index contributed by atoms with van der Waals surface area (Å²) in [6.07, 6.45) is 1.06. The summed E-state index contributed by atoms with van der Waals surface area (Å²) in [6, 6.07) is 7.05. The SMILES string of the molecule is CC(C)NCc1ccc2c(c1)OCC2. The van der Waals surface area contributed by atoms with E-state index < -0.39 is 0 Å². The number of hydrogen-bond donors (Lipinski definition) is 1. The molecule has 0 aromatic heterocycles. The first-order chi connectivity index (χ1) is 6.75. The fourth-order valence-electron chi connectivity index (χ4n) is 1.64. The minimum atomic E-state index is 0.532. The van der Waals surface area contributed by atoms with Crippen molar-refractivity contribution < 1.29 is 4.74 Å². The lowest BCUT2D eigenvalue weighted by atomic mass is 10.1. The van der Waals surface area contributed by atoms with Crippen molar-refractivity contribution in [1.82, 2.24) is 5.32 Å². The van der Waals surface area contributed by atoms with Crippen LogP contribution >= 0.6 is 0 Å². The van der Waals surface area contributed by atoms with Crippen LogP contribution in [0.5, 0.6) is 5.75 Å². The Morgan fingerprint density at radius 3 is 3.07 bits per heavy atom. The van der Waals surface area contributed by atoms with Crippen LogP contribution in [0.25, 0.3) is 0 Å². The molecular formula is C12H17NO. The van der Waals surface area contributed by atoms with Crippen LogP contribution in [-0.2, 0) is 13.0 Å². The summed E-state index contributed by atoms with van der Waals surface area (Å²) in [6.45, 7) is 6.08. The van der Waals surface area contributed by atoms with Crippen LogP contribution in [0.4, 0.5) is 0 Å². The summed E-state index contributed by atoms with van der Waals surface area (Å²) in [5, 5.41) is 3.40. The minimum absolute atomic E-state index is 0.532. The molecule has 0 atom stereocenters. The van der Waals surface area contributed by atoms with Gasteiger partial charge >= 0.3 is 0 Å². The molecule has 0 saturated heterocycles. The van der Waals surface area contributed by atoms with Crippen molar-refractivity contribution in [3.8, 4) is 5.75 Å². The lowest BCUT2D eigenvalue weighted by molar-refractivity contribution is 0.356. The molecular weight excluding hydrogens is 174 g/mol. The second-order valence-corrected chi connectivity index (χ2v) is 4.08. The van der Waals surface area contributed by atoms with E-state index in [-0.39, 0.29) is 0 Å². The zero-order valence-corrected chi connectivity index (χ0v) is 8.84. The van der Waals surface area contributed by atoms with Crippen molar-refractivity contribution in [3.05, 3.63) is 29.3 Å². The molecule has 76 valence electrons. The molecule has 0 fully saturated rings. The minimum Gasteiger partial charge on any atom is -0.493 e. The first-order valence-corrected chi connectivity index (χ1v) is 5.23. The van der Waals surface area contributed by atoms with E-state index >= 15 is 0 Å². The van der Waals surface area contributed by atoms with E-state index in [1.165, 1.54) is 11.1 Å². The molecule has 2 heteroatoms. The van der Waals surface area contributed by atoms with Crippen molar-refractivity contribution in [2.45, 2.75) is 32.9 Å². The maximum atomic E-state index is 5.52. The molecule has 1 aliphatic heterocycles. The molecule has 1 N–H and O–H groups in total. The van der Waals surface area contributed by atoms with Gasteiger partial charge in [0.15, 0.2) is 0 Å². The van der Waals surface area contributed by atoms with Gasteiger partial charge in [-0.2, -0.15) is 0 Å². The predicted molar refractivity (Wildman–Crippen MR) is 57.6 cm³/mol. The van der Waals surface area contributed by atoms with E-state index in [1.54, 1.807) is 0 Å². The third-order valence-electron chi connectivity index (χ3n) is 2.47. The highest BCUT2D eigenvalue weighted by atomic mass is 16.5. The summed E-state index contributed by atoms with van der Waals surface area (Å²) in [5.41, 5.74) is 2.65. The maximum absolute atomic E-state index is 5.52. The van der Waals surface area contributed by atoms with Crippen LogP contribution in [0.1, 0.15) is 25.0 Å². The third-order valence-corrected chi connectivity index (χ3v) is 2.47. The van der Waals surface area contributed by atoms with Gasteiger partial charge in [-0.05, 0) is 17.2 Å². The lowest BCUT2D eigenvalue weighted by Crippen LogP contribution is -2.21. The Bertz CT molecular complexity index is 320. The molecule has 0 radical (unpaired) electrons. The normalized spacial score (nSPS) is 14.2. The molecule has 0 saturated carbocycles. The van der Waals surface area contributed by atoms with E-state index in [9.17, 15) is 0 Å². The van der Waals surface area contributed by atoms with Crippen LogP contribution in [0, 0.1) is 0 Å². The van der Waals surface area contributed by atoms with Gasteiger partial charge < -0.3 is 10.1 Å². The Morgan fingerprint density at radius 2 is 2.29 bits per heavy atom. The summed E-state index contributed by atoms with van der Waals surface area (Å²) < 4.78 is 5.52. The fraction of sp³-hybridized carbons (Fsp3) is 0.500. The van der Waals surface area contributed by atoms with Crippen LogP contribution in [-0.4, -0.2) is 12.6 Å². The molecule has 1 aliphatic rings. The summed E-state index contributed by atoms with van der Waals surface area (Å²) in [5.74, 6) is 1.08. The Morgan fingerprint density at radius 1 is 1.43 bits per heavy atom. The number of hydrogen-bond acceptors (Lipinski definition) is 2. The van der Waals surface area contributed by atoms with E-state index in [4.69, 9.17) is 4.74 Å². The van der Waals surface area contributed by atoms with Crippen LogP contribution in [0.3, 0.4) is 0 Å². The summed E-state index contributed by atoms with van der Waals surface area (Å²) in [7, 11) is 0. The average molecular weight is 191 g/mol. The van der Waals surface area contributed by atoms with E-state index in [0.717, 1.165) is 25.3 Å². The van der Waals surface area contributed by atoms with Gasteiger partial charge in [-0.3, -0.25) is 0 Å². The molecule has 0 bridgehead atoms. The van der Waals surface area contributed by atoms with Gasteiger partial charge in [0.25, 0.3) is 0 Å². The first kappa shape index (κ1) is 9.53. The van der Waals surface area contributed by atoms with Crippen LogP contribution in [0.15, 0.2) is 18.2 Å². The number of rotatable bonds is 3. The van der Waals surface area contributed by atoms with Crippen molar-refractivity contribution in [2.24, 2.45) is 0 Å². The first-order valence-electron chi connectivity index (χ1n) is 5.23. The topological polar surface area (TPSA) is 21.3 Å². The molecule has 0 spiro atoms. The van der Waals surface area contributed by atoms with Crippen molar-refractivity contribution in [3.63, 3.8) is 0 Å². The number of benzene rings is 1. The molecule has 1 aromatic rings. The molecule has 0 amide bonds. The van der Waals surface area contributed by atoms with Crippen molar-refractivity contribution in [2.75, 3.05) is 6.61 Å². The zero-order chi connectivity index (χ0) is 9.97. The predicted octanol–water partition coefficient (Wildman–Crippen LogP) is 2.12.